The third-order valence-corrected chi connectivity index (χ3v) is 2.93. The Kier molecular flexibility index (Phi) is 3.29. The Balaban J connectivity index is 2.33. The van der Waals surface area contributed by atoms with Crippen molar-refractivity contribution in [2.45, 2.75) is 32.9 Å². The van der Waals surface area contributed by atoms with Crippen molar-refractivity contribution in [2.75, 3.05) is 0 Å². The van der Waals surface area contributed by atoms with Gasteiger partial charge < -0.3 is 9.67 Å². The Morgan fingerprint density at radius 1 is 1.18 bits per heavy atom. The number of aromatic nitrogens is 2. The number of aliphatic hydroxyl groups excluding tert-OH is 1. The Hall–Kier alpha value is -1.61. The zero-order chi connectivity index (χ0) is 12.4. The molecule has 3 nitrogen and oxygen atoms in total. The molecule has 0 spiro atoms. The summed E-state index contributed by atoms with van der Waals surface area (Å²) >= 11 is 0. The molecule has 3 heteroatoms. The van der Waals surface area contributed by atoms with Gasteiger partial charge in [-0.25, -0.2) is 4.98 Å². The Morgan fingerprint density at radius 2 is 1.82 bits per heavy atom. The fraction of sp³-hybridized carbons (Fsp3) is 0.357. The van der Waals surface area contributed by atoms with Crippen molar-refractivity contribution >= 4 is 0 Å². The predicted octanol–water partition coefficient (Wildman–Crippen LogP) is 2.85. The number of imidazole rings is 1. The predicted molar refractivity (Wildman–Crippen MR) is 67.9 cm³/mol. The molecule has 2 rings (SSSR count). The van der Waals surface area contributed by atoms with Crippen molar-refractivity contribution in [2.24, 2.45) is 0 Å². The smallest absolute Gasteiger partial charge is 0.121 e. The van der Waals surface area contributed by atoms with Gasteiger partial charge in [-0.3, -0.25) is 0 Å². The highest BCUT2D eigenvalue weighted by Gasteiger charge is 2.16. The molecule has 0 fully saturated rings. The molecular formula is C14H18N2O. The number of aliphatic hydroxyl groups is 1. The van der Waals surface area contributed by atoms with Crippen LogP contribution in [0.3, 0.4) is 0 Å². The lowest BCUT2D eigenvalue weighted by atomic mass is 10.1. The molecule has 0 saturated heterocycles. The van der Waals surface area contributed by atoms with Crippen LogP contribution >= 0.6 is 0 Å². The summed E-state index contributed by atoms with van der Waals surface area (Å²) in [7, 11) is 0. The normalized spacial score (nSPS) is 13.0. The van der Waals surface area contributed by atoms with Crippen LogP contribution in [0.2, 0.25) is 0 Å². The minimum Gasteiger partial charge on any atom is -0.382 e. The maximum absolute atomic E-state index is 10.3. The van der Waals surface area contributed by atoms with Crippen LogP contribution in [0.4, 0.5) is 0 Å². The summed E-state index contributed by atoms with van der Waals surface area (Å²) < 4.78 is 1.99. The second-order valence-corrected chi connectivity index (χ2v) is 4.63. The van der Waals surface area contributed by atoms with Gasteiger partial charge in [0.05, 0.1) is 18.2 Å². The molecule has 0 radical (unpaired) electrons. The lowest BCUT2D eigenvalue weighted by Gasteiger charge is -2.16. The van der Waals surface area contributed by atoms with E-state index < -0.39 is 6.10 Å². The average Bonchev–Trinajstić information content (AvgIpc) is 2.78. The molecule has 1 heterocycles. The number of hydrogen-bond acceptors (Lipinski definition) is 2. The van der Waals surface area contributed by atoms with Gasteiger partial charge in [0, 0.05) is 6.04 Å². The highest BCUT2D eigenvalue weighted by atomic mass is 16.3. The largest absolute Gasteiger partial charge is 0.382 e. The van der Waals surface area contributed by atoms with E-state index >= 15 is 0 Å². The lowest BCUT2D eigenvalue weighted by Crippen LogP contribution is -2.09. The van der Waals surface area contributed by atoms with Gasteiger partial charge in [-0.1, -0.05) is 29.8 Å². The van der Waals surface area contributed by atoms with Gasteiger partial charge in [0.1, 0.15) is 6.10 Å². The Bertz CT molecular complexity index is 485. The Labute approximate surface area is 102 Å². The summed E-state index contributed by atoms with van der Waals surface area (Å²) in [5.74, 6) is 0. The molecule has 1 aromatic heterocycles. The number of aryl methyl sites for hydroxylation is 1. The number of hydrogen-bond donors (Lipinski definition) is 1. The van der Waals surface area contributed by atoms with E-state index in [1.165, 1.54) is 5.56 Å². The van der Waals surface area contributed by atoms with Crippen LogP contribution in [0.25, 0.3) is 0 Å². The summed E-state index contributed by atoms with van der Waals surface area (Å²) in [5, 5.41) is 10.3. The quantitative estimate of drug-likeness (QED) is 0.880. The summed E-state index contributed by atoms with van der Waals surface area (Å²) in [6, 6.07) is 8.23. The molecule has 0 aliphatic rings. The van der Waals surface area contributed by atoms with E-state index in [2.05, 4.69) is 18.8 Å². The van der Waals surface area contributed by atoms with Crippen LogP contribution in [0.15, 0.2) is 36.8 Å². The minimum absolute atomic E-state index is 0.299. The summed E-state index contributed by atoms with van der Waals surface area (Å²) in [6.45, 7) is 6.19. The fourth-order valence-electron chi connectivity index (χ4n) is 1.88. The van der Waals surface area contributed by atoms with E-state index in [0.29, 0.717) is 6.04 Å². The minimum atomic E-state index is -0.611. The molecule has 1 unspecified atom stereocenters. The molecule has 17 heavy (non-hydrogen) atoms. The van der Waals surface area contributed by atoms with Crippen LogP contribution in [0, 0.1) is 6.92 Å². The van der Waals surface area contributed by atoms with Crippen LogP contribution in [-0.4, -0.2) is 14.7 Å². The van der Waals surface area contributed by atoms with Crippen molar-refractivity contribution in [3.05, 3.63) is 53.6 Å². The first-order chi connectivity index (χ1) is 8.09. The van der Waals surface area contributed by atoms with Crippen molar-refractivity contribution < 1.29 is 5.11 Å². The topological polar surface area (TPSA) is 38.1 Å². The van der Waals surface area contributed by atoms with Gasteiger partial charge in [0.25, 0.3) is 0 Å². The van der Waals surface area contributed by atoms with Crippen LogP contribution in [-0.2, 0) is 0 Å². The van der Waals surface area contributed by atoms with Crippen molar-refractivity contribution in [1.82, 2.24) is 9.55 Å². The molecule has 0 bridgehead atoms. The molecule has 0 aliphatic carbocycles. The Morgan fingerprint density at radius 3 is 2.41 bits per heavy atom. The monoisotopic (exact) mass is 230 g/mol. The summed E-state index contributed by atoms with van der Waals surface area (Å²) in [5.41, 5.74) is 2.93. The first kappa shape index (κ1) is 11.9. The summed E-state index contributed by atoms with van der Waals surface area (Å²) in [4.78, 5) is 4.11. The van der Waals surface area contributed by atoms with Gasteiger partial charge in [-0.2, -0.15) is 0 Å². The van der Waals surface area contributed by atoms with Crippen molar-refractivity contribution in [3.8, 4) is 0 Å². The average molecular weight is 230 g/mol. The third kappa shape index (κ3) is 2.39. The SMILES string of the molecule is Cc1ccc(C(O)c2cncn2C(C)C)cc1. The van der Waals surface area contributed by atoms with E-state index in [0.717, 1.165) is 11.3 Å². The standard InChI is InChI=1S/C14H18N2O/c1-10(2)16-9-15-8-13(16)14(17)12-6-4-11(3)5-7-12/h4-10,14,17H,1-3H3. The second-order valence-electron chi connectivity index (χ2n) is 4.63. The third-order valence-electron chi connectivity index (χ3n) is 2.93. The van der Waals surface area contributed by atoms with Crippen LogP contribution < -0.4 is 0 Å². The van der Waals surface area contributed by atoms with Crippen molar-refractivity contribution in [3.63, 3.8) is 0 Å². The van der Waals surface area contributed by atoms with Gasteiger partial charge in [0.15, 0.2) is 0 Å². The van der Waals surface area contributed by atoms with Gasteiger partial charge in [0.2, 0.25) is 0 Å². The molecule has 1 N–H and O–H groups in total. The van der Waals surface area contributed by atoms with E-state index in [-0.39, 0.29) is 0 Å². The van der Waals surface area contributed by atoms with Crippen LogP contribution in [0.5, 0.6) is 0 Å². The number of benzene rings is 1. The number of rotatable bonds is 3. The zero-order valence-electron chi connectivity index (χ0n) is 10.5. The molecule has 0 aliphatic heterocycles. The van der Waals surface area contributed by atoms with Gasteiger partial charge in [-0.15, -0.1) is 0 Å². The van der Waals surface area contributed by atoms with E-state index in [1.807, 2.05) is 35.8 Å². The molecule has 2 aromatic rings. The van der Waals surface area contributed by atoms with E-state index in [4.69, 9.17) is 0 Å². The zero-order valence-corrected chi connectivity index (χ0v) is 10.5. The molecule has 1 atom stereocenters. The number of nitrogens with zero attached hydrogens (tertiary/aromatic N) is 2. The highest BCUT2D eigenvalue weighted by molar-refractivity contribution is 5.28. The molecule has 0 saturated carbocycles. The van der Waals surface area contributed by atoms with Gasteiger partial charge in [-0.05, 0) is 26.3 Å². The van der Waals surface area contributed by atoms with Crippen LogP contribution in [0.1, 0.15) is 42.8 Å². The first-order valence-electron chi connectivity index (χ1n) is 5.86. The van der Waals surface area contributed by atoms with Gasteiger partial charge >= 0.3 is 0 Å². The molecule has 90 valence electrons. The van der Waals surface area contributed by atoms with E-state index in [9.17, 15) is 5.11 Å². The molecule has 0 amide bonds. The maximum Gasteiger partial charge on any atom is 0.121 e. The lowest BCUT2D eigenvalue weighted by molar-refractivity contribution is 0.208. The summed E-state index contributed by atoms with van der Waals surface area (Å²) in [6.07, 6.45) is 2.88. The fourth-order valence-corrected chi connectivity index (χ4v) is 1.88. The molecule has 1 aromatic carbocycles. The highest BCUT2D eigenvalue weighted by Crippen LogP contribution is 2.23. The first-order valence-corrected chi connectivity index (χ1v) is 5.86. The van der Waals surface area contributed by atoms with E-state index in [1.54, 1.807) is 12.5 Å². The van der Waals surface area contributed by atoms with Crippen molar-refractivity contribution in [1.29, 1.82) is 0 Å². The molecular weight excluding hydrogens is 212 g/mol. The second kappa shape index (κ2) is 4.72. The maximum atomic E-state index is 10.3.